The van der Waals surface area contributed by atoms with E-state index >= 15 is 0 Å². The van der Waals surface area contributed by atoms with E-state index in [4.69, 9.17) is 4.74 Å². The molecule has 124 valence electrons. The number of rotatable bonds is 4. The highest BCUT2D eigenvalue weighted by Crippen LogP contribution is 2.20. The predicted octanol–water partition coefficient (Wildman–Crippen LogP) is 3.66. The molecular weight excluding hydrogens is 419 g/mol. The van der Waals surface area contributed by atoms with Crippen molar-refractivity contribution >= 4 is 45.8 Å². The number of benzene rings is 2. The van der Waals surface area contributed by atoms with E-state index < -0.39 is 6.10 Å². The fraction of sp³-hybridized carbons (Fsp3) is 0.222. The number of anilines is 2. The van der Waals surface area contributed by atoms with Gasteiger partial charge in [-0.05, 0) is 65.8 Å². The zero-order valence-electron chi connectivity index (χ0n) is 12.9. The van der Waals surface area contributed by atoms with Gasteiger partial charge in [0.05, 0.1) is 5.69 Å². The Bertz CT molecular complexity index is 757. The molecule has 24 heavy (non-hydrogen) atoms. The highest BCUT2D eigenvalue weighted by Gasteiger charge is 2.23. The third kappa shape index (κ3) is 4.12. The molecule has 1 aliphatic rings. The Balaban J connectivity index is 1.69. The van der Waals surface area contributed by atoms with E-state index in [0.717, 1.165) is 22.1 Å². The second-order valence-corrected chi connectivity index (χ2v) is 6.67. The monoisotopic (exact) mass is 436 g/mol. The number of ether oxygens (including phenoxy) is 1. The van der Waals surface area contributed by atoms with Crippen molar-refractivity contribution in [1.29, 1.82) is 0 Å². The molecule has 1 atom stereocenters. The first-order valence-electron chi connectivity index (χ1n) is 7.72. The van der Waals surface area contributed by atoms with Crippen LogP contribution in [0, 0.1) is 3.57 Å². The average Bonchev–Trinajstić information content (AvgIpc) is 3.12. The van der Waals surface area contributed by atoms with E-state index in [9.17, 15) is 9.59 Å². The molecule has 1 fully saturated rings. The standard InChI is InChI=1S/C18H17IN2O3/c19-14-7-1-2-8-15(14)21-17(22)12-5-3-6-13(11-12)20-18(23)16-9-4-10-24-16/h1-3,5-8,11,16H,4,9-10H2,(H,20,23)(H,21,22)/t16-/m0/s1. The van der Waals surface area contributed by atoms with Gasteiger partial charge < -0.3 is 15.4 Å². The first-order valence-corrected chi connectivity index (χ1v) is 8.80. The maximum Gasteiger partial charge on any atom is 0.255 e. The number of hydrogen-bond donors (Lipinski definition) is 2. The van der Waals surface area contributed by atoms with Gasteiger partial charge in [0.25, 0.3) is 11.8 Å². The number of para-hydroxylation sites is 1. The summed E-state index contributed by atoms with van der Waals surface area (Å²) >= 11 is 2.17. The summed E-state index contributed by atoms with van der Waals surface area (Å²) in [7, 11) is 0. The normalized spacial score (nSPS) is 16.6. The van der Waals surface area contributed by atoms with E-state index in [1.54, 1.807) is 24.3 Å². The summed E-state index contributed by atoms with van der Waals surface area (Å²) in [6.45, 7) is 0.621. The van der Waals surface area contributed by atoms with Gasteiger partial charge >= 0.3 is 0 Å². The smallest absolute Gasteiger partial charge is 0.255 e. The third-order valence-corrected chi connectivity index (χ3v) is 4.68. The van der Waals surface area contributed by atoms with Gasteiger partial charge in [0.1, 0.15) is 6.10 Å². The van der Waals surface area contributed by atoms with Crippen molar-refractivity contribution in [1.82, 2.24) is 0 Å². The molecule has 5 nitrogen and oxygen atoms in total. The summed E-state index contributed by atoms with van der Waals surface area (Å²) in [5.74, 6) is -0.380. The molecule has 3 rings (SSSR count). The highest BCUT2D eigenvalue weighted by atomic mass is 127. The molecule has 2 aromatic carbocycles. The zero-order chi connectivity index (χ0) is 16.9. The van der Waals surface area contributed by atoms with Gasteiger partial charge in [-0.3, -0.25) is 9.59 Å². The lowest BCUT2D eigenvalue weighted by atomic mass is 10.1. The molecule has 1 aliphatic heterocycles. The Morgan fingerprint density at radius 1 is 1.08 bits per heavy atom. The van der Waals surface area contributed by atoms with E-state index in [1.807, 2.05) is 24.3 Å². The number of carbonyl (C=O) groups is 2. The molecule has 2 amide bonds. The van der Waals surface area contributed by atoms with Crippen molar-refractivity contribution in [3.05, 3.63) is 57.7 Å². The minimum absolute atomic E-state index is 0.164. The SMILES string of the molecule is O=C(Nc1ccccc1I)c1cccc(NC(=O)[C@@H]2CCCO2)c1. The number of nitrogens with one attached hydrogen (secondary N) is 2. The summed E-state index contributed by atoms with van der Waals surface area (Å²) in [4.78, 5) is 24.5. The maximum absolute atomic E-state index is 12.4. The van der Waals surface area contributed by atoms with Crippen molar-refractivity contribution in [3.63, 3.8) is 0 Å². The van der Waals surface area contributed by atoms with Gasteiger partial charge in [-0.15, -0.1) is 0 Å². The van der Waals surface area contributed by atoms with E-state index in [0.29, 0.717) is 17.9 Å². The van der Waals surface area contributed by atoms with Crippen molar-refractivity contribution in [2.24, 2.45) is 0 Å². The molecule has 2 N–H and O–H groups in total. The molecule has 0 spiro atoms. The van der Waals surface area contributed by atoms with E-state index in [1.165, 1.54) is 0 Å². The topological polar surface area (TPSA) is 67.4 Å². The van der Waals surface area contributed by atoms with Gasteiger partial charge in [-0.1, -0.05) is 18.2 Å². The summed E-state index contributed by atoms with van der Waals surface area (Å²) < 4.78 is 6.33. The summed E-state index contributed by atoms with van der Waals surface area (Å²) in [5, 5.41) is 5.69. The van der Waals surface area contributed by atoms with Gasteiger partial charge in [0, 0.05) is 21.4 Å². The second kappa shape index (κ2) is 7.76. The van der Waals surface area contributed by atoms with Crippen LogP contribution in [0.3, 0.4) is 0 Å². The fourth-order valence-corrected chi connectivity index (χ4v) is 3.02. The van der Waals surface area contributed by atoms with Crippen molar-refractivity contribution in [2.45, 2.75) is 18.9 Å². The van der Waals surface area contributed by atoms with Crippen LogP contribution in [-0.4, -0.2) is 24.5 Å². The first-order chi connectivity index (χ1) is 11.6. The van der Waals surface area contributed by atoms with Gasteiger partial charge in [0.15, 0.2) is 0 Å². The third-order valence-electron chi connectivity index (χ3n) is 3.74. The average molecular weight is 436 g/mol. The minimum Gasteiger partial charge on any atom is -0.368 e. The van der Waals surface area contributed by atoms with Crippen LogP contribution in [0.25, 0.3) is 0 Å². The number of carbonyl (C=O) groups excluding carboxylic acids is 2. The van der Waals surface area contributed by atoms with Crippen LogP contribution < -0.4 is 10.6 Å². The Labute approximate surface area is 153 Å². The molecule has 1 heterocycles. The molecule has 2 aromatic rings. The molecule has 6 heteroatoms. The van der Waals surface area contributed by atoms with E-state index in [-0.39, 0.29) is 11.8 Å². The van der Waals surface area contributed by atoms with Crippen LogP contribution in [0.5, 0.6) is 0 Å². The lowest BCUT2D eigenvalue weighted by Crippen LogP contribution is -2.27. The van der Waals surface area contributed by atoms with Crippen LogP contribution >= 0.6 is 22.6 Å². The van der Waals surface area contributed by atoms with Gasteiger partial charge in [0.2, 0.25) is 0 Å². The van der Waals surface area contributed by atoms with Crippen LogP contribution in [0.2, 0.25) is 0 Å². The molecule has 0 aliphatic carbocycles. The summed E-state index contributed by atoms with van der Waals surface area (Å²) in [6.07, 6.45) is 1.24. The predicted molar refractivity (Wildman–Crippen MR) is 101 cm³/mol. The van der Waals surface area contributed by atoms with Gasteiger partial charge in [-0.25, -0.2) is 0 Å². The second-order valence-electron chi connectivity index (χ2n) is 5.51. The van der Waals surface area contributed by atoms with E-state index in [2.05, 4.69) is 33.2 Å². The molecular formula is C18H17IN2O3. The highest BCUT2D eigenvalue weighted by molar-refractivity contribution is 14.1. The van der Waals surface area contributed by atoms with Crippen molar-refractivity contribution < 1.29 is 14.3 Å². The van der Waals surface area contributed by atoms with Crippen LogP contribution in [0.15, 0.2) is 48.5 Å². The van der Waals surface area contributed by atoms with Crippen molar-refractivity contribution in [3.8, 4) is 0 Å². The lowest BCUT2D eigenvalue weighted by Gasteiger charge is -2.12. The Morgan fingerprint density at radius 3 is 2.67 bits per heavy atom. The first kappa shape index (κ1) is 16.9. The maximum atomic E-state index is 12.4. The summed E-state index contributed by atoms with van der Waals surface area (Å²) in [6, 6.07) is 14.4. The zero-order valence-corrected chi connectivity index (χ0v) is 15.1. The summed E-state index contributed by atoms with van der Waals surface area (Å²) in [5.41, 5.74) is 1.84. The number of hydrogen-bond acceptors (Lipinski definition) is 3. The minimum atomic E-state index is -0.395. The van der Waals surface area contributed by atoms with Crippen molar-refractivity contribution in [2.75, 3.05) is 17.2 Å². The molecule has 0 saturated carbocycles. The molecule has 0 radical (unpaired) electrons. The molecule has 0 unspecified atom stereocenters. The molecule has 0 aromatic heterocycles. The Kier molecular flexibility index (Phi) is 5.47. The quantitative estimate of drug-likeness (QED) is 0.720. The molecule has 1 saturated heterocycles. The van der Waals surface area contributed by atoms with Crippen LogP contribution in [-0.2, 0) is 9.53 Å². The fourth-order valence-electron chi connectivity index (χ4n) is 2.50. The lowest BCUT2D eigenvalue weighted by molar-refractivity contribution is -0.124. The van der Waals surface area contributed by atoms with Crippen LogP contribution in [0.4, 0.5) is 11.4 Å². The van der Waals surface area contributed by atoms with Crippen LogP contribution in [0.1, 0.15) is 23.2 Å². The number of halogens is 1. The molecule has 0 bridgehead atoms. The Hall–Kier alpha value is -1.93. The van der Waals surface area contributed by atoms with Gasteiger partial charge in [-0.2, -0.15) is 0 Å². The number of amides is 2. The largest absolute Gasteiger partial charge is 0.368 e. The Morgan fingerprint density at radius 2 is 1.92 bits per heavy atom.